The summed E-state index contributed by atoms with van der Waals surface area (Å²) in [7, 11) is 5.32. The van der Waals surface area contributed by atoms with E-state index in [1.807, 2.05) is 19.0 Å². The van der Waals surface area contributed by atoms with Gasteiger partial charge in [-0.15, -0.1) is 0 Å². The van der Waals surface area contributed by atoms with Gasteiger partial charge in [-0.25, -0.2) is 4.98 Å². The van der Waals surface area contributed by atoms with Gasteiger partial charge in [0.05, 0.1) is 18.9 Å². The molecule has 1 N–H and O–H groups in total. The molecule has 6 heteroatoms. The fourth-order valence-corrected chi connectivity index (χ4v) is 1.34. The largest absolute Gasteiger partial charge is 0.382 e. The summed E-state index contributed by atoms with van der Waals surface area (Å²) in [5.74, 6) is 0.505. The second-order valence-corrected chi connectivity index (χ2v) is 3.86. The number of ether oxygens (including phenoxy) is 2. The average molecular weight is 253 g/mol. The fraction of sp³-hybridized carbons (Fsp3) is 0.500. The van der Waals surface area contributed by atoms with Crippen molar-refractivity contribution < 1.29 is 14.3 Å². The van der Waals surface area contributed by atoms with Crippen LogP contribution in [0.5, 0.6) is 0 Å². The highest BCUT2D eigenvalue weighted by Gasteiger charge is 2.08. The van der Waals surface area contributed by atoms with Gasteiger partial charge in [0, 0.05) is 27.4 Å². The van der Waals surface area contributed by atoms with Crippen LogP contribution in [0, 0.1) is 0 Å². The molecule has 0 saturated heterocycles. The third kappa shape index (κ3) is 4.68. The van der Waals surface area contributed by atoms with E-state index in [1.165, 1.54) is 0 Å². The summed E-state index contributed by atoms with van der Waals surface area (Å²) in [4.78, 5) is 17.7. The molecule has 0 aliphatic heterocycles. The number of hydrogen-bond donors (Lipinski definition) is 1. The van der Waals surface area contributed by atoms with Crippen LogP contribution in [0.15, 0.2) is 18.3 Å². The maximum absolute atomic E-state index is 11.6. The second-order valence-electron chi connectivity index (χ2n) is 3.86. The second kappa shape index (κ2) is 7.62. The fourth-order valence-electron chi connectivity index (χ4n) is 1.34. The van der Waals surface area contributed by atoms with E-state index in [1.54, 1.807) is 25.4 Å². The standard InChI is InChI=1S/C12H19N3O3/c1-15(2)12-10(5-4-6-13-12)14-11(16)9-18-8-7-17-3/h4-6H,7-9H2,1-3H3,(H,14,16). The zero-order valence-electron chi connectivity index (χ0n) is 11.0. The van der Waals surface area contributed by atoms with E-state index in [-0.39, 0.29) is 12.5 Å². The summed E-state index contributed by atoms with van der Waals surface area (Å²) < 4.78 is 9.96. The van der Waals surface area contributed by atoms with Crippen LogP contribution in [-0.4, -0.2) is 51.9 Å². The highest BCUT2D eigenvalue weighted by molar-refractivity contribution is 5.94. The highest BCUT2D eigenvalue weighted by Crippen LogP contribution is 2.19. The lowest BCUT2D eigenvalue weighted by Gasteiger charge is -2.16. The maximum atomic E-state index is 11.6. The van der Waals surface area contributed by atoms with Crippen molar-refractivity contribution in [1.82, 2.24) is 4.98 Å². The van der Waals surface area contributed by atoms with E-state index < -0.39 is 0 Å². The Morgan fingerprint density at radius 2 is 2.22 bits per heavy atom. The molecule has 0 spiro atoms. The molecule has 0 bridgehead atoms. The van der Waals surface area contributed by atoms with Gasteiger partial charge in [0.1, 0.15) is 6.61 Å². The number of nitrogens with zero attached hydrogens (tertiary/aromatic N) is 2. The maximum Gasteiger partial charge on any atom is 0.250 e. The van der Waals surface area contributed by atoms with Crippen molar-refractivity contribution in [3.63, 3.8) is 0 Å². The van der Waals surface area contributed by atoms with Crippen molar-refractivity contribution in [1.29, 1.82) is 0 Å². The van der Waals surface area contributed by atoms with Gasteiger partial charge in [-0.05, 0) is 12.1 Å². The first-order chi connectivity index (χ1) is 8.65. The summed E-state index contributed by atoms with van der Waals surface area (Å²) in [5.41, 5.74) is 0.669. The molecule has 0 aliphatic carbocycles. The molecule has 1 aromatic heterocycles. The SMILES string of the molecule is COCCOCC(=O)Nc1cccnc1N(C)C. The van der Waals surface area contributed by atoms with Gasteiger partial charge in [0.25, 0.3) is 0 Å². The predicted octanol–water partition coefficient (Wildman–Crippen LogP) is 0.749. The van der Waals surface area contributed by atoms with Gasteiger partial charge in [-0.3, -0.25) is 4.79 Å². The van der Waals surface area contributed by atoms with Crippen molar-refractivity contribution in [2.45, 2.75) is 0 Å². The number of methoxy groups -OCH3 is 1. The van der Waals surface area contributed by atoms with E-state index in [2.05, 4.69) is 10.3 Å². The Bertz CT molecular complexity index is 383. The molecule has 0 radical (unpaired) electrons. The molecule has 0 aliphatic rings. The first-order valence-electron chi connectivity index (χ1n) is 5.64. The Kier molecular flexibility index (Phi) is 6.10. The average Bonchev–Trinajstić information content (AvgIpc) is 2.35. The van der Waals surface area contributed by atoms with E-state index in [9.17, 15) is 4.79 Å². The number of aromatic nitrogens is 1. The molecule has 0 atom stereocenters. The summed E-state index contributed by atoms with van der Waals surface area (Å²) in [6.45, 7) is 0.881. The molecule has 100 valence electrons. The molecule has 0 aromatic carbocycles. The number of amides is 1. The van der Waals surface area contributed by atoms with Crippen molar-refractivity contribution in [2.24, 2.45) is 0 Å². The molecule has 0 fully saturated rings. The lowest BCUT2D eigenvalue weighted by atomic mass is 10.3. The smallest absolute Gasteiger partial charge is 0.250 e. The first kappa shape index (κ1) is 14.4. The van der Waals surface area contributed by atoms with E-state index in [0.29, 0.717) is 24.7 Å². The minimum Gasteiger partial charge on any atom is -0.382 e. The lowest BCUT2D eigenvalue weighted by molar-refractivity contribution is -0.121. The molecular formula is C12H19N3O3. The molecule has 1 aromatic rings. The summed E-state index contributed by atoms with van der Waals surface area (Å²) in [6, 6.07) is 3.57. The topological polar surface area (TPSA) is 63.7 Å². The van der Waals surface area contributed by atoms with E-state index in [4.69, 9.17) is 9.47 Å². The molecule has 0 unspecified atom stereocenters. The summed E-state index contributed by atoms with van der Waals surface area (Å²) >= 11 is 0. The number of pyridine rings is 1. The molecule has 1 rings (SSSR count). The molecule has 18 heavy (non-hydrogen) atoms. The van der Waals surface area contributed by atoms with Crippen LogP contribution in [-0.2, 0) is 14.3 Å². The van der Waals surface area contributed by atoms with Crippen LogP contribution in [0.25, 0.3) is 0 Å². The quantitative estimate of drug-likeness (QED) is 0.726. The van der Waals surface area contributed by atoms with Crippen molar-refractivity contribution in [2.75, 3.05) is 51.2 Å². The third-order valence-electron chi connectivity index (χ3n) is 2.15. The predicted molar refractivity (Wildman–Crippen MR) is 69.9 cm³/mol. The minimum absolute atomic E-state index is 0.00508. The Morgan fingerprint density at radius 3 is 2.89 bits per heavy atom. The molecule has 1 heterocycles. The summed E-state index contributed by atoms with van der Waals surface area (Å²) in [5, 5.41) is 2.76. The zero-order valence-corrected chi connectivity index (χ0v) is 11.0. The number of carbonyl (C=O) groups is 1. The van der Waals surface area contributed by atoms with Gasteiger partial charge < -0.3 is 19.7 Å². The number of hydrogen-bond acceptors (Lipinski definition) is 5. The molecule has 0 saturated carbocycles. The van der Waals surface area contributed by atoms with Gasteiger partial charge in [-0.2, -0.15) is 0 Å². The zero-order chi connectivity index (χ0) is 13.4. The Labute approximate surface area is 107 Å². The Balaban J connectivity index is 2.49. The Morgan fingerprint density at radius 1 is 1.44 bits per heavy atom. The summed E-state index contributed by atoms with van der Waals surface area (Å²) in [6.07, 6.45) is 1.68. The van der Waals surface area contributed by atoms with Crippen LogP contribution in [0.4, 0.5) is 11.5 Å². The van der Waals surface area contributed by atoms with Crippen LogP contribution in [0.2, 0.25) is 0 Å². The number of rotatable bonds is 7. The van der Waals surface area contributed by atoms with Gasteiger partial charge in [0.15, 0.2) is 5.82 Å². The van der Waals surface area contributed by atoms with Crippen molar-refractivity contribution in [3.8, 4) is 0 Å². The highest BCUT2D eigenvalue weighted by atomic mass is 16.5. The Hall–Kier alpha value is -1.66. The molecule has 6 nitrogen and oxygen atoms in total. The van der Waals surface area contributed by atoms with Crippen LogP contribution in [0.3, 0.4) is 0 Å². The van der Waals surface area contributed by atoms with Crippen molar-refractivity contribution in [3.05, 3.63) is 18.3 Å². The van der Waals surface area contributed by atoms with Gasteiger partial charge in [-0.1, -0.05) is 0 Å². The van der Waals surface area contributed by atoms with Gasteiger partial charge in [0.2, 0.25) is 5.91 Å². The van der Waals surface area contributed by atoms with Crippen LogP contribution >= 0.6 is 0 Å². The van der Waals surface area contributed by atoms with Crippen molar-refractivity contribution >= 4 is 17.4 Å². The third-order valence-corrected chi connectivity index (χ3v) is 2.15. The van der Waals surface area contributed by atoms with Crippen LogP contribution in [0.1, 0.15) is 0 Å². The number of anilines is 2. The minimum atomic E-state index is -0.206. The first-order valence-corrected chi connectivity index (χ1v) is 5.64. The normalized spacial score (nSPS) is 10.2. The monoisotopic (exact) mass is 253 g/mol. The molecule has 1 amide bonds. The van der Waals surface area contributed by atoms with E-state index >= 15 is 0 Å². The van der Waals surface area contributed by atoms with Gasteiger partial charge >= 0.3 is 0 Å². The lowest BCUT2D eigenvalue weighted by Crippen LogP contribution is -2.22. The van der Waals surface area contributed by atoms with E-state index in [0.717, 1.165) is 0 Å². The number of nitrogens with one attached hydrogen (secondary N) is 1. The number of carbonyl (C=O) groups excluding carboxylic acids is 1. The molecular weight excluding hydrogens is 234 g/mol. The van der Waals surface area contributed by atoms with Crippen LogP contribution < -0.4 is 10.2 Å².